The van der Waals surface area contributed by atoms with Crippen molar-refractivity contribution >= 4 is 5.95 Å². The highest BCUT2D eigenvalue weighted by Crippen LogP contribution is 2.41. The highest BCUT2D eigenvalue weighted by molar-refractivity contribution is 5.60. The van der Waals surface area contributed by atoms with Gasteiger partial charge in [0.2, 0.25) is 5.95 Å². The summed E-state index contributed by atoms with van der Waals surface area (Å²) in [5, 5.41) is 3.44. The maximum Gasteiger partial charge on any atom is 0.416 e. The van der Waals surface area contributed by atoms with Crippen molar-refractivity contribution in [3.8, 4) is 11.3 Å². The van der Waals surface area contributed by atoms with Gasteiger partial charge < -0.3 is 11.1 Å². The van der Waals surface area contributed by atoms with E-state index < -0.39 is 11.7 Å². The number of halogens is 3. The molecule has 0 bridgehead atoms. The minimum Gasteiger partial charge on any atom is -0.368 e. The Morgan fingerprint density at radius 2 is 1.82 bits per heavy atom. The predicted molar refractivity (Wildman–Crippen MR) is 99.1 cm³/mol. The molecule has 0 saturated heterocycles. The standard InChI is InChI=1S/C20H18F3N5/c21-20(22,23)15-3-1-2-13(6-15)17-5-4-14(11-26-17)16-7-18(16)25-8-12-9-27-19(24)28-10-12/h1-6,9-11,16,18,25H,7-8H2,(H2,24,27,28). The highest BCUT2D eigenvalue weighted by atomic mass is 19.4. The van der Waals surface area contributed by atoms with Crippen LogP contribution in [0, 0.1) is 0 Å². The van der Waals surface area contributed by atoms with Crippen LogP contribution in [0.25, 0.3) is 11.3 Å². The van der Waals surface area contributed by atoms with E-state index in [0.717, 1.165) is 29.7 Å². The van der Waals surface area contributed by atoms with E-state index in [0.29, 0.717) is 29.8 Å². The number of alkyl halides is 3. The van der Waals surface area contributed by atoms with E-state index >= 15 is 0 Å². The van der Waals surface area contributed by atoms with Gasteiger partial charge in [0.25, 0.3) is 0 Å². The number of hydrogen-bond acceptors (Lipinski definition) is 5. The molecular weight excluding hydrogens is 367 g/mol. The van der Waals surface area contributed by atoms with Crippen LogP contribution in [-0.4, -0.2) is 21.0 Å². The van der Waals surface area contributed by atoms with Crippen LogP contribution in [0.4, 0.5) is 19.1 Å². The topological polar surface area (TPSA) is 76.7 Å². The summed E-state index contributed by atoms with van der Waals surface area (Å²) < 4.78 is 38.6. The summed E-state index contributed by atoms with van der Waals surface area (Å²) in [5.74, 6) is 0.595. The second-order valence-electron chi connectivity index (χ2n) is 6.83. The van der Waals surface area contributed by atoms with Gasteiger partial charge in [0, 0.05) is 48.2 Å². The highest BCUT2D eigenvalue weighted by Gasteiger charge is 2.38. The Morgan fingerprint density at radius 3 is 2.50 bits per heavy atom. The van der Waals surface area contributed by atoms with Gasteiger partial charge in [-0.15, -0.1) is 0 Å². The van der Waals surface area contributed by atoms with Gasteiger partial charge in [0.15, 0.2) is 0 Å². The molecule has 144 valence electrons. The Bertz CT molecular complexity index is 955. The average molecular weight is 385 g/mol. The Hall–Kier alpha value is -3.00. The molecule has 3 N–H and O–H groups in total. The minimum absolute atomic E-state index is 0.250. The molecule has 8 heteroatoms. The molecule has 2 atom stereocenters. The molecule has 2 unspecified atom stereocenters. The first-order chi connectivity index (χ1) is 13.4. The molecule has 28 heavy (non-hydrogen) atoms. The molecule has 1 aliphatic rings. The number of nitrogens with one attached hydrogen (secondary N) is 1. The molecule has 2 aromatic heterocycles. The van der Waals surface area contributed by atoms with Crippen LogP contribution in [0.15, 0.2) is 55.0 Å². The molecule has 0 amide bonds. The van der Waals surface area contributed by atoms with Gasteiger partial charge in [0.1, 0.15) is 0 Å². The second kappa shape index (κ2) is 7.20. The number of pyridine rings is 1. The monoisotopic (exact) mass is 385 g/mol. The lowest BCUT2D eigenvalue weighted by atomic mass is 10.1. The van der Waals surface area contributed by atoms with Crippen LogP contribution in [0.2, 0.25) is 0 Å². The van der Waals surface area contributed by atoms with E-state index in [1.165, 1.54) is 6.07 Å². The predicted octanol–water partition coefficient (Wildman–Crippen LogP) is 3.79. The van der Waals surface area contributed by atoms with Crippen LogP contribution in [0.5, 0.6) is 0 Å². The van der Waals surface area contributed by atoms with Crippen molar-refractivity contribution in [2.24, 2.45) is 0 Å². The van der Waals surface area contributed by atoms with Crippen molar-refractivity contribution in [2.45, 2.75) is 31.1 Å². The van der Waals surface area contributed by atoms with Gasteiger partial charge in [0.05, 0.1) is 11.3 Å². The molecule has 0 aliphatic heterocycles. The van der Waals surface area contributed by atoms with Gasteiger partial charge >= 0.3 is 6.18 Å². The zero-order valence-electron chi connectivity index (χ0n) is 14.8. The van der Waals surface area contributed by atoms with Crippen LogP contribution in [0.3, 0.4) is 0 Å². The van der Waals surface area contributed by atoms with E-state index in [1.54, 1.807) is 30.7 Å². The van der Waals surface area contributed by atoms with Gasteiger partial charge in [-0.3, -0.25) is 4.98 Å². The van der Waals surface area contributed by atoms with Crippen LogP contribution < -0.4 is 11.1 Å². The van der Waals surface area contributed by atoms with Crippen LogP contribution in [-0.2, 0) is 12.7 Å². The number of anilines is 1. The molecule has 0 spiro atoms. The number of nitrogens with zero attached hydrogens (tertiary/aromatic N) is 3. The Morgan fingerprint density at radius 1 is 1.04 bits per heavy atom. The molecule has 1 aromatic carbocycles. The van der Waals surface area contributed by atoms with Gasteiger partial charge in [-0.2, -0.15) is 13.2 Å². The Labute approximate surface area is 159 Å². The summed E-state index contributed by atoms with van der Waals surface area (Å²) in [6.07, 6.45) is 1.75. The maximum absolute atomic E-state index is 12.9. The summed E-state index contributed by atoms with van der Waals surface area (Å²) in [6.45, 7) is 0.650. The van der Waals surface area contributed by atoms with Crippen LogP contribution >= 0.6 is 0 Å². The molecule has 1 fully saturated rings. The zero-order valence-corrected chi connectivity index (χ0v) is 14.8. The molecule has 1 saturated carbocycles. The third-order valence-electron chi connectivity index (χ3n) is 4.78. The first kappa shape index (κ1) is 18.4. The Balaban J connectivity index is 1.38. The smallest absolute Gasteiger partial charge is 0.368 e. The fourth-order valence-corrected chi connectivity index (χ4v) is 3.14. The van der Waals surface area contributed by atoms with Crippen LogP contribution in [0.1, 0.15) is 29.0 Å². The van der Waals surface area contributed by atoms with Crippen molar-refractivity contribution in [3.63, 3.8) is 0 Å². The SMILES string of the molecule is Nc1ncc(CNC2CC2c2ccc(-c3cccc(C(F)(F)F)c3)nc2)cn1. The van der Waals surface area contributed by atoms with E-state index in [-0.39, 0.29) is 5.95 Å². The molecule has 5 nitrogen and oxygen atoms in total. The summed E-state index contributed by atoms with van der Waals surface area (Å²) in [5.41, 5.74) is 7.81. The van der Waals surface area contributed by atoms with Gasteiger partial charge in [-0.1, -0.05) is 18.2 Å². The van der Waals surface area contributed by atoms with Gasteiger partial charge in [-0.05, 0) is 30.2 Å². The number of aromatic nitrogens is 3. The van der Waals surface area contributed by atoms with Crippen molar-refractivity contribution in [1.29, 1.82) is 0 Å². The van der Waals surface area contributed by atoms with Gasteiger partial charge in [-0.25, -0.2) is 9.97 Å². The third-order valence-corrected chi connectivity index (χ3v) is 4.78. The minimum atomic E-state index is -4.36. The zero-order chi connectivity index (χ0) is 19.7. The fourth-order valence-electron chi connectivity index (χ4n) is 3.14. The molecule has 0 radical (unpaired) electrons. The average Bonchev–Trinajstić information content (AvgIpc) is 3.47. The van der Waals surface area contributed by atoms with E-state index in [9.17, 15) is 13.2 Å². The lowest BCUT2D eigenvalue weighted by Crippen LogP contribution is -2.17. The van der Waals surface area contributed by atoms with E-state index in [1.807, 2.05) is 6.07 Å². The van der Waals surface area contributed by atoms with Crippen molar-refractivity contribution in [3.05, 3.63) is 71.7 Å². The number of rotatable bonds is 5. The molecule has 1 aliphatic carbocycles. The number of hydrogen-bond donors (Lipinski definition) is 2. The number of benzene rings is 1. The summed E-state index contributed by atoms with van der Waals surface area (Å²) in [7, 11) is 0. The first-order valence-electron chi connectivity index (χ1n) is 8.83. The first-order valence-corrected chi connectivity index (χ1v) is 8.83. The second-order valence-corrected chi connectivity index (χ2v) is 6.83. The third kappa shape index (κ3) is 4.12. The molecule has 4 rings (SSSR count). The van der Waals surface area contributed by atoms with Crippen molar-refractivity contribution < 1.29 is 13.2 Å². The maximum atomic E-state index is 12.9. The molecule has 3 aromatic rings. The largest absolute Gasteiger partial charge is 0.416 e. The molecular formula is C20H18F3N5. The lowest BCUT2D eigenvalue weighted by molar-refractivity contribution is -0.137. The fraction of sp³-hybridized carbons (Fsp3) is 0.250. The summed E-state index contributed by atoms with van der Waals surface area (Å²) in [6, 6.07) is 9.25. The number of nitrogen functional groups attached to an aromatic ring is 1. The van der Waals surface area contributed by atoms with E-state index in [2.05, 4.69) is 20.3 Å². The normalized spacial score (nSPS) is 18.8. The lowest BCUT2D eigenvalue weighted by Gasteiger charge is -2.09. The van der Waals surface area contributed by atoms with Crippen molar-refractivity contribution in [1.82, 2.24) is 20.3 Å². The van der Waals surface area contributed by atoms with Crippen molar-refractivity contribution in [2.75, 3.05) is 5.73 Å². The van der Waals surface area contributed by atoms with E-state index in [4.69, 9.17) is 5.73 Å². The summed E-state index contributed by atoms with van der Waals surface area (Å²) >= 11 is 0. The quantitative estimate of drug-likeness (QED) is 0.699. The Kier molecular flexibility index (Phi) is 4.72. The number of nitrogens with two attached hydrogens (primary N) is 1. The summed E-state index contributed by atoms with van der Waals surface area (Å²) in [4.78, 5) is 12.3. The molecule has 2 heterocycles.